The lowest BCUT2D eigenvalue weighted by atomic mass is 9.96. The molecule has 14 heavy (non-hydrogen) atoms. The van der Waals surface area contributed by atoms with Crippen molar-refractivity contribution in [2.75, 3.05) is 0 Å². The molecular formula is C11H14BrNO. The lowest BCUT2D eigenvalue weighted by Crippen LogP contribution is -2.27. The number of halogens is 1. The highest BCUT2D eigenvalue weighted by Crippen LogP contribution is 2.32. The molecule has 0 radical (unpaired) electrons. The number of hydrogen-bond acceptors (Lipinski definition) is 2. The Labute approximate surface area is 92.5 Å². The molecule has 0 atom stereocenters. The first-order valence-corrected chi connectivity index (χ1v) is 5.80. The van der Waals surface area contributed by atoms with Gasteiger partial charge in [0.25, 0.3) is 0 Å². The second-order valence-electron chi connectivity index (χ2n) is 4.08. The standard InChI is InChI=1S/C11H14BrNO/c12-9-3-4-10(13-8-9)7-11(14)5-1-2-6-11/h3-4,8,14H,1-2,5-7H2. The highest BCUT2D eigenvalue weighted by atomic mass is 79.9. The molecule has 0 bridgehead atoms. The monoisotopic (exact) mass is 255 g/mol. The highest BCUT2D eigenvalue weighted by Gasteiger charge is 2.31. The summed E-state index contributed by atoms with van der Waals surface area (Å²) in [5, 5.41) is 10.2. The summed E-state index contributed by atoms with van der Waals surface area (Å²) in [5.74, 6) is 0. The van der Waals surface area contributed by atoms with E-state index in [1.54, 1.807) is 6.20 Å². The van der Waals surface area contributed by atoms with E-state index in [1.165, 1.54) is 0 Å². The van der Waals surface area contributed by atoms with Crippen molar-refractivity contribution in [1.82, 2.24) is 4.98 Å². The average molecular weight is 256 g/mol. The van der Waals surface area contributed by atoms with Crippen molar-refractivity contribution in [1.29, 1.82) is 0 Å². The van der Waals surface area contributed by atoms with Gasteiger partial charge in [0.05, 0.1) is 5.60 Å². The van der Waals surface area contributed by atoms with Crippen LogP contribution in [-0.4, -0.2) is 15.7 Å². The van der Waals surface area contributed by atoms with Crippen LogP contribution in [0.4, 0.5) is 0 Å². The van der Waals surface area contributed by atoms with Gasteiger partial charge >= 0.3 is 0 Å². The van der Waals surface area contributed by atoms with Gasteiger partial charge in [-0.05, 0) is 40.9 Å². The molecule has 3 heteroatoms. The summed E-state index contributed by atoms with van der Waals surface area (Å²) < 4.78 is 0.986. The third-order valence-electron chi connectivity index (χ3n) is 2.83. The summed E-state index contributed by atoms with van der Waals surface area (Å²) >= 11 is 3.35. The van der Waals surface area contributed by atoms with Gasteiger partial charge in [-0.2, -0.15) is 0 Å². The molecule has 1 aromatic heterocycles. The number of nitrogens with zero attached hydrogens (tertiary/aromatic N) is 1. The van der Waals surface area contributed by atoms with Crippen LogP contribution in [0.1, 0.15) is 31.4 Å². The Bertz CT molecular complexity index is 304. The Morgan fingerprint density at radius 3 is 2.64 bits per heavy atom. The van der Waals surface area contributed by atoms with Crippen molar-refractivity contribution in [3.8, 4) is 0 Å². The first-order valence-electron chi connectivity index (χ1n) is 5.01. The fourth-order valence-electron chi connectivity index (χ4n) is 2.06. The average Bonchev–Trinajstić information content (AvgIpc) is 2.57. The molecular weight excluding hydrogens is 242 g/mol. The van der Waals surface area contributed by atoms with E-state index in [4.69, 9.17) is 0 Å². The van der Waals surface area contributed by atoms with E-state index >= 15 is 0 Å². The molecule has 0 amide bonds. The molecule has 1 N–H and O–H groups in total. The predicted molar refractivity (Wildman–Crippen MR) is 59.1 cm³/mol. The second kappa shape index (κ2) is 3.99. The summed E-state index contributed by atoms with van der Waals surface area (Å²) in [6, 6.07) is 3.95. The van der Waals surface area contributed by atoms with Gasteiger partial charge in [-0.1, -0.05) is 12.8 Å². The van der Waals surface area contributed by atoms with E-state index in [9.17, 15) is 5.11 Å². The van der Waals surface area contributed by atoms with Crippen molar-refractivity contribution in [2.24, 2.45) is 0 Å². The molecule has 1 heterocycles. The van der Waals surface area contributed by atoms with Crippen LogP contribution in [0.25, 0.3) is 0 Å². The van der Waals surface area contributed by atoms with Crippen LogP contribution in [0.5, 0.6) is 0 Å². The summed E-state index contributed by atoms with van der Waals surface area (Å²) in [5.41, 5.74) is 0.499. The Balaban J connectivity index is 2.06. The molecule has 2 nitrogen and oxygen atoms in total. The number of rotatable bonds is 2. The van der Waals surface area contributed by atoms with Gasteiger partial charge in [0.1, 0.15) is 0 Å². The first kappa shape index (κ1) is 10.1. The summed E-state index contributed by atoms with van der Waals surface area (Å²) in [7, 11) is 0. The molecule has 2 rings (SSSR count). The van der Waals surface area contributed by atoms with Crippen molar-refractivity contribution >= 4 is 15.9 Å². The SMILES string of the molecule is OC1(Cc2ccc(Br)cn2)CCCC1. The number of aliphatic hydroxyl groups is 1. The molecule has 0 spiro atoms. The summed E-state index contributed by atoms with van der Waals surface area (Å²) in [6.07, 6.45) is 6.61. The quantitative estimate of drug-likeness (QED) is 0.882. The molecule has 0 aromatic carbocycles. The number of aromatic nitrogens is 1. The van der Waals surface area contributed by atoms with E-state index in [0.717, 1.165) is 35.8 Å². The van der Waals surface area contributed by atoms with Gasteiger partial charge in [0.15, 0.2) is 0 Å². The summed E-state index contributed by atoms with van der Waals surface area (Å²) in [6.45, 7) is 0. The van der Waals surface area contributed by atoms with Gasteiger partial charge in [0.2, 0.25) is 0 Å². The first-order chi connectivity index (χ1) is 6.68. The van der Waals surface area contributed by atoms with Gasteiger partial charge in [0, 0.05) is 22.8 Å². The molecule has 1 aromatic rings. The van der Waals surface area contributed by atoms with Crippen molar-refractivity contribution in [3.05, 3.63) is 28.5 Å². The maximum absolute atomic E-state index is 10.2. The van der Waals surface area contributed by atoms with Gasteiger partial charge in [-0.3, -0.25) is 4.98 Å². The van der Waals surface area contributed by atoms with Crippen LogP contribution in [0, 0.1) is 0 Å². The minimum atomic E-state index is -0.485. The zero-order valence-electron chi connectivity index (χ0n) is 8.04. The largest absolute Gasteiger partial charge is 0.389 e. The van der Waals surface area contributed by atoms with Crippen LogP contribution >= 0.6 is 15.9 Å². The topological polar surface area (TPSA) is 33.1 Å². The van der Waals surface area contributed by atoms with Gasteiger partial charge in [-0.15, -0.1) is 0 Å². The second-order valence-corrected chi connectivity index (χ2v) is 4.99. The molecule has 76 valence electrons. The lowest BCUT2D eigenvalue weighted by Gasteiger charge is -2.21. The van der Waals surface area contributed by atoms with Crippen molar-refractivity contribution < 1.29 is 5.11 Å². The molecule has 1 aliphatic carbocycles. The van der Waals surface area contributed by atoms with Crippen molar-refractivity contribution in [3.63, 3.8) is 0 Å². The van der Waals surface area contributed by atoms with Gasteiger partial charge in [-0.25, -0.2) is 0 Å². The Hall–Kier alpha value is -0.410. The maximum Gasteiger partial charge on any atom is 0.0703 e. The molecule has 1 fully saturated rings. The molecule has 1 saturated carbocycles. The fourth-order valence-corrected chi connectivity index (χ4v) is 2.29. The minimum Gasteiger partial charge on any atom is -0.389 e. The van der Waals surface area contributed by atoms with Crippen molar-refractivity contribution in [2.45, 2.75) is 37.7 Å². The normalized spacial score (nSPS) is 19.9. The van der Waals surface area contributed by atoms with Gasteiger partial charge < -0.3 is 5.11 Å². The molecule has 0 saturated heterocycles. The molecule has 0 unspecified atom stereocenters. The van der Waals surface area contributed by atoms with Crippen LogP contribution in [0.2, 0.25) is 0 Å². The summed E-state index contributed by atoms with van der Waals surface area (Å²) in [4.78, 5) is 4.28. The molecule has 0 aliphatic heterocycles. The predicted octanol–water partition coefficient (Wildman–Crippen LogP) is 2.69. The van der Waals surface area contributed by atoms with E-state index in [0.29, 0.717) is 6.42 Å². The Kier molecular flexibility index (Phi) is 2.88. The van der Waals surface area contributed by atoms with E-state index in [2.05, 4.69) is 20.9 Å². The van der Waals surface area contributed by atoms with Crippen LogP contribution < -0.4 is 0 Å². The van der Waals surface area contributed by atoms with E-state index in [-0.39, 0.29) is 0 Å². The third-order valence-corrected chi connectivity index (χ3v) is 3.30. The minimum absolute atomic E-state index is 0.485. The number of hydrogen-bond donors (Lipinski definition) is 1. The Morgan fingerprint density at radius 1 is 1.36 bits per heavy atom. The smallest absolute Gasteiger partial charge is 0.0703 e. The van der Waals surface area contributed by atoms with E-state index < -0.39 is 5.60 Å². The highest BCUT2D eigenvalue weighted by molar-refractivity contribution is 9.10. The van der Waals surface area contributed by atoms with Crippen LogP contribution in [0.3, 0.4) is 0 Å². The van der Waals surface area contributed by atoms with E-state index in [1.807, 2.05) is 12.1 Å². The zero-order valence-corrected chi connectivity index (χ0v) is 9.63. The van der Waals surface area contributed by atoms with Crippen LogP contribution in [-0.2, 0) is 6.42 Å². The number of pyridine rings is 1. The third kappa shape index (κ3) is 2.34. The maximum atomic E-state index is 10.2. The van der Waals surface area contributed by atoms with Crippen LogP contribution in [0.15, 0.2) is 22.8 Å². The zero-order chi connectivity index (χ0) is 10.0. The fraction of sp³-hybridized carbons (Fsp3) is 0.545. The Morgan fingerprint density at radius 2 is 2.07 bits per heavy atom. The molecule has 1 aliphatic rings. The lowest BCUT2D eigenvalue weighted by molar-refractivity contribution is 0.0472.